The predicted molar refractivity (Wildman–Crippen MR) is 96.0 cm³/mol. The summed E-state index contributed by atoms with van der Waals surface area (Å²) in [7, 11) is -8.29. The van der Waals surface area contributed by atoms with E-state index in [1.54, 1.807) is 6.07 Å². The quantitative estimate of drug-likeness (QED) is 0.189. The number of carbonyl (C=O) groups is 1. The van der Waals surface area contributed by atoms with Crippen LogP contribution in [0.25, 0.3) is 0 Å². The molecule has 2 rings (SSSR count). The van der Waals surface area contributed by atoms with Crippen molar-refractivity contribution in [2.45, 2.75) is 14.7 Å². The van der Waals surface area contributed by atoms with Gasteiger partial charge in [-0.05, 0) is 16.5 Å². The van der Waals surface area contributed by atoms with Crippen molar-refractivity contribution in [3.63, 3.8) is 0 Å². The van der Waals surface area contributed by atoms with Crippen molar-refractivity contribution in [2.75, 3.05) is 5.75 Å². The summed E-state index contributed by atoms with van der Waals surface area (Å²) < 4.78 is 49.9. The van der Waals surface area contributed by atoms with E-state index in [9.17, 15) is 21.6 Å². The first-order valence-electron chi connectivity index (χ1n) is 6.60. The van der Waals surface area contributed by atoms with E-state index < -0.39 is 41.1 Å². The van der Waals surface area contributed by atoms with Crippen LogP contribution in [0.15, 0.2) is 57.4 Å². The van der Waals surface area contributed by atoms with Gasteiger partial charge in [-0.3, -0.25) is 10.2 Å². The van der Waals surface area contributed by atoms with E-state index in [2.05, 4.69) is 35.3 Å². The second-order valence-corrected chi connectivity index (χ2v) is 9.67. The Labute approximate surface area is 204 Å². The minimum Gasteiger partial charge on any atom is -0.410 e. The van der Waals surface area contributed by atoms with Gasteiger partial charge in [-0.2, -0.15) is 0 Å². The minimum atomic E-state index is -4.23. The van der Waals surface area contributed by atoms with Crippen LogP contribution in [0.3, 0.4) is 0 Å². The second-order valence-electron chi connectivity index (χ2n) is 4.72. The second kappa shape index (κ2) is 9.70. The van der Waals surface area contributed by atoms with E-state index in [0.717, 1.165) is 12.4 Å². The molecule has 1 aromatic heterocycles. The molecule has 26 heavy (non-hydrogen) atoms. The Morgan fingerprint density at radius 2 is 1.62 bits per heavy atom. The van der Waals surface area contributed by atoms with Crippen molar-refractivity contribution < 1.29 is 73.0 Å². The first kappa shape index (κ1) is 23.7. The molecule has 0 saturated carbocycles. The van der Waals surface area contributed by atoms with Gasteiger partial charge in [0.2, 0.25) is 9.84 Å². The monoisotopic (exact) mass is 457 g/mol. The molecule has 0 aliphatic rings. The zero-order valence-electron chi connectivity index (χ0n) is 13.4. The molecule has 0 atom stereocenters. The van der Waals surface area contributed by atoms with Gasteiger partial charge < -0.3 is 35.3 Å². The van der Waals surface area contributed by atoms with Crippen LogP contribution in [-0.2, 0) is 37.1 Å². The molecule has 1 amide bonds. The van der Waals surface area contributed by atoms with Gasteiger partial charge in [0.1, 0.15) is 15.5 Å². The number of benzene rings is 1. The summed E-state index contributed by atoms with van der Waals surface area (Å²) in [5.41, 5.74) is 4.16. The largest absolute Gasteiger partial charge is 1.00 e. The van der Waals surface area contributed by atoms with Gasteiger partial charge in [0.25, 0.3) is 5.91 Å². The van der Waals surface area contributed by atoms with Crippen molar-refractivity contribution in [1.29, 1.82) is 0 Å². The van der Waals surface area contributed by atoms with Gasteiger partial charge in [0.15, 0.2) is 9.84 Å². The average Bonchev–Trinajstić information content (AvgIpc) is 3.05. The van der Waals surface area contributed by atoms with Crippen LogP contribution >= 0.6 is 12.2 Å². The maximum Gasteiger partial charge on any atom is 1.00 e. The van der Waals surface area contributed by atoms with Crippen molar-refractivity contribution in [3.8, 4) is 0 Å². The van der Waals surface area contributed by atoms with E-state index in [1.807, 2.05) is 5.43 Å². The summed E-state index contributed by atoms with van der Waals surface area (Å²) in [6.45, 7) is 0. The number of aromatic amines is 1. The summed E-state index contributed by atoms with van der Waals surface area (Å²) in [5, 5.41) is 0. The van der Waals surface area contributed by atoms with Crippen molar-refractivity contribution >= 4 is 54.7 Å². The van der Waals surface area contributed by atoms with E-state index in [1.165, 1.54) is 24.3 Å². The first-order valence-corrected chi connectivity index (χ1v) is 10.6. The molecule has 0 aliphatic heterocycles. The molecule has 1 heterocycles. The zero-order valence-corrected chi connectivity index (χ0v) is 19.8. The van der Waals surface area contributed by atoms with Gasteiger partial charge in [0, 0.05) is 12.4 Å². The fourth-order valence-electron chi connectivity index (χ4n) is 1.92. The number of hydrogen-bond donors (Lipinski definition) is 3. The molecule has 8 nitrogen and oxygen atoms in total. The summed E-state index contributed by atoms with van der Waals surface area (Å²) in [5.74, 6) is -1.91. The van der Waals surface area contributed by atoms with E-state index in [4.69, 9.17) is 0 Å². The van der Waals surface area contributed by atoms with Gasteiger partial charge in [-0.1, -0.05) is 18.2 Å². The number of carbonyl (C=O) groups excluding carboxylic acids is 1. The normalized spacial score (nSPS) is 11.2. The van der Waals surface area contributed by atoms with Crippen LogP contribution in [0, 0.1) is 0 Å². The Morgan fingerprint density at radius 3 is 2.19 bits per heavy atom. The number of rotatable bonds is 5. The zero-order chi connectivity index (χ0) is 18.7. The molecule has 3 N–H and O–H groups in total. The number of thiocarbonyl (C=S) groups is 1. The fourth-order valence-corrected chi connectivity index (χ4v) is 5.24. The molecule has 134 valence electrons. The van der Waals surface area contributed by atoms with E-state index in [0.29, 0.717) is 0 Å². The van der Waals surface area contributed by atoms with Crippen molar-refractivity contribution in [3.05, 3.63) is 42.7 Å². The number of amides is 1. The molecule has 0 aliphatic carbocycles. The molecular formula is C13H12KN3O5S4. The average molecular weight is 458 g/mol. The standard InChI is InChI=1S/C13H13N3O5S4.K/c17-12(15-16-13(22)23)8-24(18,19)10-6-14-7-11(10)25(20,21)9-4-2-1-3-5-9;/h1-7,14H,8H2,(H,15,17)(H2,16,22,23);/q;+1/p-1. The topological polar surface area (TPSA) is 125 Å². The van der Waals surface area contributed by atoms with Crippen LogP contribution in [0.1, 0.15) is 0 Å². The Kier molecular flexibility index (Phi) is 8.83. The Bertz CT molecular complexity index is 1000. The summed E-state index contributed by atoms with van der Waals surface area (Å²) in [6, 6.07) is 7.36. The van der Waals surface area contributed by atoms with Gasteiger partial charge >= 0.3 is 51.4 Å². The van der Waals surface area contributed by atoms with Gasteiger partial charge in [-0.15, -0.1) is 0 Å². The third-order valence-corrected chi connectivity index (χ3v) is 6.77. The van der Waals surface area contributed by atoms with Gasteiger partial charge in [-0.25, -0.2) is 16.8 Å². The number of hydrazine groups is 1. The SMILES string of the molecule is O=C(CS(=O)(=O)c1c[nH]cc1S(=O)(=O)c1ccccc1)NNC(=S)[S-].[K+]. The van der Waals surface area contributed by atoms with Crippen LogP contribution in [-0.4, -0.2) is 37.8 Å². The molecule has 0 spiro atoms. The van der Waals surface area contributed by atoms with Crippen LogP contribution in [0.5, 0.6) is 0 Å². The van der Waals surface area contributed by atoms with E-state index in [-0.39, 0.29) is 60.6 Å². The van der Waals surface area contributed by atoms with Gasteiger partial charge in [0.05, 0.1) is 4.90 Å². The summed E-state index contributed by atoms with van der Waals surface area (Å²) >= 11 is 9.03. The van der Waals surface area contributed by atoms with Crippen molar-refractivity contribution in [1.82, 2.24) is 15.8 Å². The Hall–Kier alpha value is -0.384. The maximum absolute atomic E-state index is 12.6. The first-order chi connectivity index (χ1) is 11.6. The molecule has 0 fully saturated rings. The summed E-state index contributed by atoms with van der Waals surface area (Å²) in [6.07, 6.45) is 2.08. The third kappa shape index (κ3) is 5.81. The molecule has 0 unspecified atom stereocenters. The van der Waals surface area contributed by atoms with Crippen LogP contribution in [0.2, 0.25) is 0 Å². The summed E-state index contributed by atoms with van der Waals surface area (Å²) in [4.78, 5) is 13.1. The fraction of sp³-hybridized carbons (Fsp3) is 0.0769. The van der Waals surface area contributed by atoms with Crippen LogP contribution in [0.4, 0.5) is 0 Å². The Morgan fingerprint density at radius 1 is 1.04 bits per heavy atom. The predicted octanol–water partition coefficient (Wildman–Crippen LogP) is -2.92. The number of aromatic nitrogens is 1. The molecule has 0 saturated heterocycles. The molecule has 0 radical (unpaired) electrons. The number of hydrogen-bond acceptors (Lipinski definition) is 7. The molecule has 2 aromatic rings. The van der Waals surface area contributed by atoms with Crippen LogP contribution < -0.4 is 62.2 Å². The molecule has 1 aromatic carbocycles. The molecule has 0 bridgehead atoms. The van der Waals surface area contributed by atoms with Crippen molar-refractivity contribution in [2.24, 2.45) is 0 Å². The smallest absolute Gasteiger partial charge is 0.410 e. The number of nitrogens with one attached hydrogen (secondary N) is 3. The minimum absolute atomic E-state index is 0. The number of H-pyrrole nitrogens is 1. The molecule has 13 heteroatoms. The Balaban J connectivity index is 0.00000338. The molecular weight excluding hydrogens is 446 g/mol. The third-order valence-electron chi connectivity index (χ3n) is 2.97. The number of sulfone groups is 2. The van der Waals surface area contributed by atoms with E-state index >= 15 is 0 Å². The maximum atomic E-state index is 12.6.